The molecule has 0 saturated heterocycles. The Morgan fingerprint density at radius 3 is 2.86 bits per heavy atom. The lowest BCUT2D eigenvalue weighted by atomic mass is 10.2. The van der Waals surface area contributed by atoms with Crippen LogP contribution < -0.4 is 11.1 Å². The molecule has 0 unspecified atom stereocenters. The Labute approximate surface area is 89.6 Å². The number of halogens is 2. The third-order valence-electron chi connectivity index (χ3n) is 1.67. The SMILES string of the molecule is CCNC(=O)c1cc(N)c(F)cc1Br. The van der Waals surface area contributed by atoms with Crippen LogP contribution in [0.2, 0.25) is 0 Å². The van der Waals surface area contributed by atoms with Crippen LogP contribution in [-0.4, -0.2) is 12.5 Å². The van der Waals surface area contributed by atoms with E-state index in [1.54, 1.807) is 6.92 Å². The zero-order chi connectivity index (χ0) is 10.7. The van der Waals surface area contributed by atoms with Gasteiger partial charge >= 0.3 is 0 Å². The number of hydrogen-bond donors (Lipinski definition) is 2. The number of benzene rings is 1. The molecule has 0 fully saturated rings. The van der Waals surface area contributed by atoms with Crippen molar-refractivity contribution in [1.29, 1.82) is 0 Å². The number of amides is 1. The summed E-state index contributed by atoms with van der Waals surface area (Å²) in [5.41, 5.74) is 5.65. The summed E-state index contributed by atoms with van der Waals surface area (Å²) in [6, 6.07) is 2.49. The number of anilines is 1. The fourth-order valence-corrected chi connectivity index (χ4v) is 1.49. The fraction of sp³-hybridized carbons (Fsp3) is 0.222. The van der Waals surface area contributed by atoms with Gasteiger partial charge in [-0.1, -0.05) is 0 Å². The minimum Gasteiger partial charge on any atom is -0.396 e. The Hall–Kier alpha value is -1.10. The van der Waals surface area contributed by atoms with Gasteiger partial charge in [0.2, 0.25) is 0 Å². The first-order valence-corrected chi connectivity index (χ1v) is 4.88. The highest BCUT2D eigenvalue weighted by Gasteiger charge is 2.11. The number of nitrogen functional groups attached to an aromatic ring is 1. The van der Waals surface area contributed by atoms with Gasteiger partial charge in [-0.3, -0.25) is 4.79 Å². The largest absolute Gasteiger partial charge is 0.396 e. The molecule has 1 rings (SSSR count). The molecular weight excluding hydrogens is 251 g/mol. The average molecular weight is 261 g/mol. The van der Waals surface area contributed by atoms with Gasteiger partial charge in [0.1, 0.15) is 5.82 Å². The van der Waals surface area contributed by atoms with Crippen LogP contribution in [0, 0.1) is 5.82 Å². The van der Waals surface area contributed by atoms with Crippen molar-refractivity contribution in [3.63, 3.8) is 0 Å². The predicted octanol–water partition coefficient (Wildman–Crippen LogP) is 1.92. The molecule has 1 aromatic rings. The van der Waals surface area contributed by atoms with Crippen molar-refractivity contribution in [1.82, 2.24) is 5.32 Å². The van der Waals surface area contributed by atoms with E-state index in [0.717, 1.165) is 0 Å². The summed E-state index contributed by atoms with van der Waals surface area (Å²) in [4.78, 5) is 11.4. The topological polar surface area (TPSA) is 55.1 Å². The highest BCUT2D eigenvalue weighted by Crippen LogP contribution is 2.22. The molecule has 0 aliphatic carbocycles. The Morgan fingerprint density at radius 2 is 2.29 bits per heavy atom. The third kappa shape index (κ3) is 2.23. The molecule has 0 atom stereocenters. The van der Waals surface area contributed by atoms with Crippen molar-refractivity contribution in [2.75, 3.05) is 12.3 Å². The van der Waals surface area contributed by atoms with E-state index in [2.05, 4.69) is 21.2 Å². The van der Waals surface area contributed by atoms with Gasteiger partial charge in [0.05, 0.1) is 11.3 Å². The van der Waals surface area contributed by atoms with Crippen molar-refractivity contribution in [3.05, 3.63) is 28.0 Å². The van der Waals surface area contributed by atoms with E-state index in [-0.39, 0.29) is 11.6 Å². The smallest absolute Gasteiger partial charge is 0.252 e. The summed E-state index contributed by atoms with van der Waals surface area (Å²) in [7, 11) is 0. The van der Waals surface area contributed by atoms with Crippen LogP contribution in [-0.2, 0) is 0 Å². The minimum absolute atomic E-state index is 0.0329. The van der Waals surface area contributed by atoms with Gasteiger partial charge in [-0.2, -0.15) is 0 Å². The predicted molar refractivity (Wildman–Crippen MR) is 56.5 cm³/mol. The second-order valence-electron chi connectivity index (χ2n) is 2.71. The van der Waals surface area contributed by atoms with Gasteiger partial charge in [-0.25, -0.2) is 4.39 Å². The number of carbonyl (C=O) groups excluding carboxylic acids is 1. The highest BCUT2D eigenvalue weighted by atomic mass is 79.9. The molecule has 0 aromatic heterocycles. The van der Waals surface area contributed by atoms with Gasteiger partial charge in [-0.05, 0) is 35.0 Å². The second-order valence-corrected chi connectivity index (χ2v) is 3.57. The lowest BCUT2D eigenvalue weighted by molar-refractivity contribution is 0.0955. The Balaban J connectivity index is 3.09. The molecule has 0 spiro atoms. The van der Waals surface area contributed by atoms with Gasteiger partial charge in [0.15, 0.2) is 0 Å². The third-order valence-corrected chi connectivity index (χ3v) is 2.32. The van der Waals surface area contributed by atoms with Crippen LogP contribution in [0.25, 0.3) is 0 Å². The summed E-state index contributed by atoms with van der Waals surface area (Å²) >= 11 is 3.10. The van der Waals surface area contributed by atoms with Crippen molar-refractivity contribution >= 4 is 27.5 Å². The normalized spacial score (nSPS) is 9.93. The maximum Gasteiger partial charge on any atom is 0.252 e. The van der Waals surface area contributed by atoms with E-state index in [9.17, 15) is 9.18 Å². The number of nitrogens with two attached hydrogens (primary N) is 1. The van der Waals surface area contributed by atoms with Crippen molar-refractivity contribution in [2.45, 2.75) is 6.92 Å². The van der Waals surface area contributed by atoms with E-state index in [1.165, 1.54) is 12.1 Å². The Kier molecular flexibility index (Phi) is 3.46. The molecule has 5 heteroatoms. The lowest BCUT2D eigenvalue weighted by Crippen LogP contribution is -2.23. The van der Waals surface area contributed by atoms with Gasteiger partial charge in [0, 0.05) is 11.0 Å². The van der Waals surface area contributed by atoms with Crippen LogP contribution >= 0.6 is 15.9 Å². The quantitative estimate of drug-likeness (QED) is 0.799. The first-order valence-electron chi connectivity index (χ1n) is 4.09. The minimum atomic E-state index is -0.537. The molecule has 3 N–H and O–H groups in total. The molecule has 0 bridgehead atoms. The van der Waals surface area contributed by atoms with Gasteiger partial charge < -0.3 is 11.1 Å². The summed E-state index contributed by atoms with van der Waals surface area (Å²) in [5, 5.41) is 2.60. The van der Waals surface area contributed by atoms with Gasteiger partial charge in [-0.15, -0.1) is 0 Å². The molecule has 1 amide bonds. The number of nitrogens with one attached hydrogen (secondary N) is 1. The van der Waals surface area contributed by atoms with Crippen LogP contribution in [0.15, 0.2) is 16.6 Å². The standard InChI is InChI=1S/C9H10BrFN2O/c1-2-13-9(14)5-3-8(12)7(11)4-6(5)10/h3-4H,2,12H2,1H3,(H,13,14). The summed E-state index contributed by atoms with van der Waals surface area (Å²) < 4.78 is 13.3. The molecule has 76 valence electrons. The molecule has 3 nitrogen and oxygen atoms in total. The molecule has 0 saturated carbocycles. The van der Waals surface area contributed by atoms with E-state index in [0.29, 0.717) is 16.6 Å². The average Bonchev–Trinajstić information content (AvgIpc) is 2.11. The molecular formula is C9H10BrFN2O. The van der Waals surface area contributed by atoms with E-state index >= 15 is 0 Å². The molecule has 0 aliphatic heterocycles. The van der Waals surface area contributed by atoms with Crippen LogP contribution in [0.5, 0.6) is 0 Å². The number of rotatable bonds is 2. The molecule has 1 aromatic carbocycles. The zero-order valence-electron chi connectivity index (χ0n) is 7.60. The maximum absolute atomic E-state index is 12.9. The Bertz CT molecular complexity index is 368. The lowest BCUT2D eigenvalue weighted by Gasteiger charge is -2.06. The fourth-order valence-electron chi connectivity index (χ4n) is 0.996. The van der Waals surface area contributed by atoms with Crippen LogP contribution in [0.1, 0.15) is 17.3 Å². The second kappa shape index (κ2) is 4.41. The Morgan fingerprint density at radius 1 is 1.64 bits per heavy atom. The first kappa shape index (κ1) is 11.0. The molecule has 14 heavy (non-hydrogen) atoms. The van der Waals surface area contributed by atoms with E-state index in [4.69, 9.17) is 5.73 Å². The molecule has 0 radical (unpaired) electrons. The van der Waals surface area contributed by atoms with E-state index < -0.39 is 5.82 Å². The monoisotopic (exact) mass is 260 g/mol. The van der Waals surface area contributed by atoms with E-state index in [1.807, 2.05) is 0 Å². The number of carbonyl (C=O) groups is 1. The zero-order valence-corrected chi connectivity index (χ0v) is 9.19. The summed E-state index contributed by atoms with van der Waals surface area (Å²) in [5.74, 6) is -0.809. The maximum atomic E-state index is 12.9. The van der Waals surface area contributed by atoms with Crippen molar-refractivity contribution in [3.8, 4) is 0 Å². The highest BCUT2D eigenvalue weighted by molar-refractivity contribution is 9.10. The summed E-state index contributed by atoms with van der Waals surface area (Å²) in [6.45, 7) is 2.32. The first-order chi connectivity index (χ1) is 6.56. The van der Waals surface area contributed by atoms with Crippen LogP contribution in [0.4, 0.5) is 10.1 Å². The van der Waals surface area contributed by atoms with Crippen LogP contribution in [0.3, 0.4) is 0 Å². The van der Waals surface area contributed by atoms with Gasteiger partial charge in [0.25, 0.3) is 5.91 Å². The number of hydrogen-bond acceptors (Lipinski definition) is 2. The van der Waals surface area contributed by atoms with Crippen molar-refractivity contribution < 1.29 is 9.18 Å². The summed E-state index contributed by atoms with van der Waals surface area (Å²) in [6.07, 6.45) is 0. The molecule has 0 aliphatic rings. The molecule has 0 heterocycles. The van der Waals surface area contributed by atoms with Crippen molar-refractivity contribution in [2.24, 2.45) is 0 Å².